The first-order valence-corrected chi connectivity index (χ1v) is 8.86. The summed E-state index contributed by atoms with van der Waals surface area (Å²) in [6.45, 7) is 0.239. The van der Waals surface area contributed by atoms with Gasteiger partial charge in [0, 0.05) is 23.8 Å². The predicted molar refractivity (Wildman–Crippen MR) is 102 cm³/mol. The van der Waals surface area contributed by atoms with Crippen molar-refractivity contribution in [2.24, 2.45) is 0 Å². The van der Waals surface area contributed by atoms with Crippen molar-refractivity contribution in [2.45, 2.75) is 25.4 Å². The van der Waals surface area contributed by atoms with Crippen molar-refractivity contribution in [2.75, 3.05) is 11.9 Å². The highest BCUT2D eigenvalue weighted by molar-refractivity contribution is 5.97. The minimum absolute atomic E-state index is 0.105. The third-order valence-corrected chi connectivity index (χ3v) is 4.05. The molecule has 4 amide bonds. The molecule has 1 aliphatic carbocycles. The first-order chi connectivity index (χ1) is 13.1. The van der Waals surface area contributed by atoms with Crippen molar-refractivity contribution < 1.29 is 14.4 Å². The van der Waals surface area contributed by atoms with Crippen LogP contribution in [0.2, 0.25) is 0 Å². The molecule has 0 spiro atoms. The summed E-state index contributed by atoms with van der Waals surface area (Å²) in [7, 11) is 0. The highest BCUT2D eigenvalue weighted by atomic mass is 16.2. The van der Waals surface area contributed by atoms with E-state index in [0.29, 0.717) is 23.8 Å². The molecule has 3 rings (SSSR count). The van der Waals surface area contributed by atoms with E-state index in [1.54, 1.807) is 24.3 Å². The molecule has 0 aliphatic heterocycles. The molecule has 27 heavy (non-hydrogen) atoms. The van der Waals surface area contributed by atoms with Gasteiger partial charge in [-0.15, -0.1) is 0 Å². The number of urea groups is 1. The van der Waals surface area contributed by atoms with Gasteiger partial charge in [-0.05, 0) is 42.7 Å². The molecular weight excluding hydrogens is 344 g/mol. The van der Waals surface area contributed by atoms with Crippen LogP contribution in [0.15, 0.2) is 54.6 Å². The van der Waals surface area contributed by atoms with Gasteiger partial charge in [0.25, 0.3) is 5.91 Å². The molecule has 0 bridgehead atoms. The maximum atomic E-state index is 11.9. The molecule has 1 saturated carbocycles. The molecule has 0 radical (unpaired) electrons. The lowest BCUT2D eigenvalue weighted by atomic mass is 10.2. The second-order valence-electron chi connectivity index (χ2n) is 6.40. The lowest BCUT2D eigenvalue weighted by Gasteiger charge is -2.09. The first kappa shape index (κ1) is 18.4. The summed E-state index contributed by atoms with van der Waals surface area (Å²) < 4.78 is 0. The topological polar surface area (TPSA) is 99.3 Å². The number of hydrogen-bond donors (Lipinski definition) is 4. The molecule has 4 N–H and O–H groups in total. The van der Waals surface area contributed by atoms with Crippen molar-refractivity contribution in [3.05, 3.63) is 65.7 Å². The Morgan fingerprint density at radius 1 is 0.889 bits per heavy atom. The zero-order valence-electron chi connectivity index (χ0n) is 14.8. The SMILES string of the molecule is O=C(CNC(=O)NCc1ccccc1)Nc1ccc(C(=O)NC2CC2)cc1. The third-order valence-electron chi connectivity index (χ3n) is 4.05. The van der Waals surface area contributed by atoms with Crippen molar-refractivity contribution in [3.63, 3.8) is 0 Å². The molecule has 2 aromatic rings. The number of amides is 4. The van der Waals surface area contributed by atoms with Crippen LogP contribution in [0.25, 0.3) is 0 Å². The fourth-order valence-electron chi connectivity index (χ4n) is 2.41. The molecule has 7 nitrogen and oxygen atoms in total. The van der Waals surface area contributed by atoms with E-state index < -0.39 is 6.03 Å². The average Bonchev–Trinajstić information content (AvgIpc) is 3.50. The van der Waals surface area contributed by atoms with E-state index in [4.69, 9.17) is 0 Å². The van der Waals surface area contributed by atoms with Crippen LogP contribution >= 0.6 is 0 Å². The smallest absolute Gasteiger partial charge is 0.315 e. The fourth-order valence-corrected chi connectivity index (χ4v) is 2.41. The number of nitrogens with one attached hydrogen (secondary N) is 4. The third kappa shape index (κ3) is 6.14. The van der Waals surface area contributed by atoms with Crippen LogP contribution in [0, 0.1) is 0 Å². The van der Waals surface area contributed by atoms with Crippen LogP contribution in [-0.4, -0.2) is 30.4 Å². The van der Waals surface area contributed by atoms with Crippen LogP contribution in [0.3, 0.4) is 0 Å². The van der Waals surface area contributed by atoms with Gasteiger partial charge < -0.3 is 21.3 Å². The standard InChI is InChI=1S/C20H22N4O3/c25-18(13-22-20(27)21-12-14-4-2-1-3-5-14)23-16-8-6-15(7-9-16)19(26)24-17-10-11-17/h1-9,17H,10-13H2,(H,23,25)(H,24,26)(H2,21,22,27). The first-order valence-electron chi connectivity index (χ1n) is 8.86. The number of carbonyl (C=O) groups is 3. The van der Waals surface area contributed by atoms with Gasteiger partial charge in [-0.3, -0.25) is 9.59 Å². The molecule has 2 aromatic carbocycles. The largest absolute Gasteiger partial charge is 0.349 e. The zero-order valence-corrected chi connectivity index (χ0v) is 14.8. The van der Waals surface area contributed by atoms with E-state index >= 15 is 0 Å². The normalized spacial score (nSPS) is 12.7. The van der Waals surface area contributed by atoms with Gasteiger partial charge in [-0.2, -0.15) is 0 Å². The van der Waals surface area contributed by atoms with Crippen LogP contribution in [0.4, 0.5) is 10.5 Å². The molecule has 0 saturated heterocycles. The number of benzene rings is 2. The lowest BCUT2D eigenvalue weighted by Crippen LogP contribution is -2.39. The van der Waals surface area contributed by atoms with Crippen molar-refractivity contribution in [1.82, 2.24) is 16.0 Å². The van der Waals surface area contributed by atoms with Crippen LogP contribution < -0.4 is 21.3 Å². The Bertz CT molecular complexity index is 802. The molecule has 0 atom stereocenters. The Kier molecular flexibility index (Phi) is 6.04. The van der Waals surface area contributed by atoms with E-state index in [9.17, 15) is 14.4 Å². The van der Waals surface area contributed by atoms with Crippen molar-refractivity contribution in [3.8, 4) is 0 Å². The summed E-state index contributed by atoms with van der Waals surface area (Å²) in [6, 6.07) is 16.0. The minimum Gasteiger partial charge on any atom is -0.349 e. The van der Waals surface area contributed by atoms with Gasteiger partial charge in [0.15, 0.2) is 0 Å². The summed E-state index contributed by atoms with van der Waals surface area (Å²) >= 11 is 0. The molecule has 140 valence electrons. The van der Waals surface area contributed by atoms with E-state index in [0.717, 1.165) is 18.4 Å². The molecule has 1 fully saturated rings. The lowest BCUT2D eigenvalue weighted by molar-refractivity contribution is -0.115. The quantitative estimate of drug-likeness (QED) is 0.603. The van der Waals surface area contributed by atoms with Gasteiger partial charge in [-0.1, -0.05) is 30.3 Å². The second-order valence-corrected chi connectivity index (χ2v) is 6.40. The Labute approximate surface area is 157 Å². The zero-order chi connectivity index (χ0) is 19.1. The summed E-state index contributed by atoms with van der Waals surface area (Å²) in [5.41, 5.74) is 2.09. The van der Waals surface area contributed by atoms with Gasteiger partial charge >= 0.3 is 6.03 Å². The Morgan fingerprint density at radius 2 is 1.59 bits per heavy atom. The fraction of sp³-hybridized carbons (Fsp3) is 0.250. The Hall–Kier alpha value is -3.35. The Morgan fingerprint density at radius 3 is 2.26 bits per heavy atom. The predicted octanol–water partition coefficient (Wildman–Crippen LogP) is 2.02. The van der Waals surface area contributed by atoms with E-state index in [1.807, 2.05) is 30.3 Å². The highest BCUT2D eigenvalue weighted by Crippen LogP contribution is 2.19. The number of carbonyl (C=O) groups excluding carboxylic acids is 3. The molecule has 0 heterocycles. The minimum atomic E-state index is -0.416. The summed E-state index contributed by atoms with van der Waals surface area (Å²) in [4.78, 5) is 35.6. The van der Waals surface area contributed by atoms with Crippen molar-refractivity contribution >= 4 is 23.5 Å². The molecule has 1 aliphatic rings. The summed E-state index contributed by atoms with van der Waals surface area (Å²) in [5.74, 6) is -0.452. The summed E-state index contributed by atoms with van der Waals surface area (Å²) in [6.07, 6.45) is 2.07. The van der Waals surface area contributed by atoms with E-state index in [-0.39, 0.29) is 18.4 Å². The highest BCUT2D eigenvalue weighted by Gasteiger charge is 2.23. The number of anilines is 1. The van der Waals surface area contributed by atoms with E-state index in [2.05, 4.69) is 21.3 Å². The second kappa shape index (κ2) is 8.84. The Balaban J connectivity index is 1.38. The monoisotopic (exact) mass is 366 g/mol. The van der Waals surface area contributed by atoms with Gasteiger partial charge in [0.05, 0.1) is 6.54 Å². The van der Waals surface area contributed by atoms with Crippen LogP contribution in [-0.2, 0) is 11.3 Å². The van der Waals surface area contributed by atoms with Gasteiger partial charge in [0.2, 0.25) is 5.91 Å². The van der Waals surface area contributed by atoms with Gasteiger partial charge in [-0.25, -0.2) is 4.79 Å². The molecule has 7 heteroatoms. The molecule has 0 unspecified atom stereocenters. The van der Waals surface area contributed by atoms with E-state index in [1.165, 1.54) is 0 Å². The number of hydrogen-bond acceptors (Lipinski definition) is 3. The molecule has 0 aromatic heterocycles. The maximum absolute atomic E-state index is 11.9. The summed E-state index contributed by atoms with van der Waals surface area (Å²) in [5, 5.41) is 10.8. The molecular formula is C20H22N4O3. The van der Waals surface area contributed by atoms with Crippen LogP contribution in [0.1, 0.15) is 28.8 Å². The number of rotatable bonds is 7. The van der Waals surface area contributed by atoms with Crippen molar-refractivity contribution in [1.29, 1.82) is 0 Å². The average molecular weight is 366 g/mol. The maximum Gasteiger partial charge on any atom is 0.315 e. The van der Waals surface area contributed by atoms with Crippen LogP contribution in [0.5, 0.6) is 0 Å². The van der Waals surface area contributed by atoms with Gasteiger partial charge in [0.1, 0.15) is 0 Å².